The summed E-state index contributed by atoms with van der Waals surface area (Å²) in [5, 5.41) is 9.69. The standard InChI is InChI=1S/C11H17N3O2/c1-7-3-4-12-9(5-7)11(15)13-10-6-8(2)16-14-10/h6-7,9,12H,3-5H2,1-2H3,(H,13,14,15). The predicted molar refractivity (Wildman–Crippen MR) is 60.1 cm³/mol. The Balaban J connectivity index is 1.92. The zero-order valence-corrected chi connectivity index (χ0v) is 9.62. The molecule has 2 heterocycles. The minimum absolute atomic E-state index is 0.0279. The van der Waals surface area contributed by atoms with Crippen LogP contribution in [-0.4, -0.2) is 23.7 Å². The van der Waals surface area contributed by atoms with Crippen molar-refractivity contribution in [1.82, 2.24) is 10.5 Å². The van der Waals surface area contributed by atoms with E-state index in [0.29, 0.717) is 17.5 Å². The highest BCUT2D eigenvalue weighted by Crippen LogP contribution is 2.16. The van der Waals surface area contributed by atoms with Gasteiger partial charge in [-0.2, -0.15) is 0 Å². The van der Waals surface area contributed by atoms with Crippen LogP contribution in [0.25, 0.3) is 0 Å². The van der Waals surface area contributed by atoms with Crippen LogP contribution < -0.4 is 10.6 Å². The van der Waals surface area contributed by atoms with Crippen LogP contribution in [0.5, 0.6) is 0 Å². The monoisotopic (exact) mass is 223 g/mol. The zero-order valence-electron chi connectivity index (χ0n) is 9.62. The third-order valence-electron chi connectivity index (χ3n) is 2.86. The first-order chi connectivity index (χ1) is 7.65. The molecular weight excluding hydrogens is 206 g/mol. The summed E-state index contributed by atoms with van der Waals surface area (Å²) in [4.78, 5) is 11.9. The lowest BCUT2D eigenvalue weighted by molar-refractivity contribution is -0.119. The van der Waals surface area contributed by atoms with Crippen molar-refractivity contribution in [2.24, 2.45) is 5.92 Å². The first kappa shape index (κ1) is 11.1. The quantitative estimate of drug-likeness (QED) is 0.793. The Morgan fingerprint density at radius 2 is 2.50 bits per heavy atom. The first-order valence-corrected chi connectivity index (χ1v) is 5.62. The summed E-state index contributed by atoms with van der Waals surface area (Å²) >= 11 is 0. The van der Waals surface area contributed by atoms with Crippen LogP contribution in [0.15, 0.2) is 10.6 Å². The molecule has 5 heteroatoms. The number of carbonyl (C=O) groups excluding carboxylic acids is 1. The smallest absolute Gasteiger partial charge is 0.242 e. The summed E-state index contributed by atoms with van der Waals surface area (Å²) in [5.41, 5.74) is 0. The predicted octanol–water partition coefficient (Wildman–Crippen LogP) is 1.31. The molecule has 1 fully saturated rings. The number of carbonyl (C=O) groups is 1. The van der Waals surface area contributed by atoms with E-state index in [0.717, 1.165) is 19.4 Å². The van der Waals surface area contributed by atoms with Crippen molar-refractivity contribution in [3.63, 3.8) is 0 Å². The number of hydrogen-bond donors (Lipinski definition) is 2. The van der Waals surface area contributed by atoms with Crippen molar-refractivity contribution in [1.29, 1.82) is 0 Å². The molecule has 2 N–H and O–H groups in total. The number of amides is 1. The zero-order chi connectivity index (χ0) is 11.5. The average Bonchev–Trinajstić information content (AvgIpc) is 2.64. The Kier molecular flexibility index (Phi) is 3.24. The SMILES string of the molecule is Cc1cc(NC(=O)C2CC(C)CCN2)no1. The molecule has 0 bridgehead atoms. The summed E-state index contributed by atoms with van der Waals surface area (Å²) in [7, 11) is 0. The van der Waals surface area contributed by atoms with Crippen LogP contribution >= 0.6 is 0 Å². The Labute approximate surface area is 94.6 Å². The fourth-order valence-corrected chi connectivity index (χ4v) is 1.95. The van der Waals surface area contributed by atoms with Gasteiger partial charge in [-0.15, -0.1) is 0 Å². The van der Waals surface area contributed by atoms with Crippen LogP contribution in [0.4, 0.5) is 5.82 Å². The van der Waals surface area contributed by atoms with Crippen molar-refractivity contribution >= 4 is 11.7 Å². The molecular formula is C11H17N3O2. The van der Waals surface area contributed by atoms with Crippen molar-refractivity contribution in [3.8, 4) is 0 Å². The molecule has 2 atom stereocenters. The van der Waals surface area contributed by atoms with Gasteiger partial charge in [0.05, 0.1) is 6.04 Å². The summed E-state index contributed by atoms with van der Waals surface area (Å²) in [6.07, 6.45) is 2.01. The average molecular weight is 223 g/mol. The number of rotatable bonds is 2. The molecule has 1 aliphatic rings. The molecule has 1 aromatic rings. The molecule has 0 spiro atoms. The molecule has 0 saturated carbocycles. The van der Waals surface area contributed by atoms with Crippen LogP contribution in [0.3, 0.4) is 0 Å². The third kappa shape index (κ3) is 2.61. The van der Waals surface area contributed by atoms with Gasteiger partial charge >= 0.3 is 0 Å². The highest BCUT2D eigenvalue weighted by Gasteiger charge is 2.24. The summed E-state index contributed by atoms with van der Waals surface area (Å²) < 4.78 is 4.89. The number of nitrogens with zero attached hydrogens (tertiary/aromatic N) is 1. The van der Waals surface area contributed by atoms with E-state index in [1.807, 2.05) is 0 Å². The number of anilines is 1. The number of nitrogens with one attached hydrogen (secondary N) is 2. The molecule has 2 rings (SSSR count). The molecule has 1 saturated heterocycles. The topological polar surface area (TPSA) is 67.2 Å². The lowest BCUT2D eigenvalue weighted by Gasteiger charge is -2.26. The Morgan fingerprint density at radius 3 is 3.12 bits per heavy atom. The molecule has 1 amide bonds. The fourth-order valence-electron chi connectivity index (χ4n) is 1.95. The van der Waals surface area contributed by atoms with Crippen molar-refractivity contribution in [2.75, 3.05) is 11.9 Å². The second-order valence-corrected chi connectivity index (χ2v) is 4.45. The number of piperidine rings is 1. The van der Waals surface area contributed by atoms with E-state index in [1.54, 1.807) is 13.0 Å². The van der Waals surface area contributed by atoms with Crippen LogP contribution in [0.1, 0.15) is 25.5 Å². The van der Waals surface area contributed by atoms with Crippen LogP contribution in [-0.2, 0) is 4.79 Å². The van der Waals surface area contributed by atoms with Crippen molar-refractivity contribution in [2.45, 2.75) is 32.7 Å². The largest absolute Gasteiger partial charge is 0.360 e. The molecule has 0 radical (unpaired) electrons. The molecule has 5 nitrogen and oxygen atoms in total. The van der Waals surface area contributed by atoms with Crippen LogP contribution in [0, 0.1) is 12.8 Å². The van der Waals surface area contributed by atoms with Crippen molar-refractivity contribution in [3.05, 3.63) is 11.8 Å². The van der Waals surface area contributed by atoms with Gasteiger partial charge in [0.1, 0.15) is 5.76 Å². The van der Waals surface area contributed by atoms with Crippen LogP contribution in [0.2, 0.25) is 0 Å². The third-order valence-corrected chi connectivity index (χ3v) is 2.86. The number of hydrogen-bond acceptors (Lipinski definition) is 4. The maximum Gasteiger partial charge on any atom is 0.242 e. The van der Waals surface area contributed by atoms with Gasteiger partial charge in [-0.25, -0.2) is 0 Å². The summed E-state index contributed by atoms with van der Waals surface area (Å²) in [5.74, 6) is 1.75. The van der Waals surface area contributed by atoms with Gasteiger partial charge in [-0.3, -0.25) is 4.79 Å². The molecule has 2 unspecified atom stereocenters. The Bertz CT molecular complexity index is 375. The minimum atomic E-state index is -0.110. The second-order valence-electron chi connectivity index (χ2n) is 4.45. The van der Waals surface area contributed by atoms with Gasteiger partial charge in [0, 0.05) is 6.07 Å². The van der Waals surface area contributed by atoms with E-state index in [1.165, 1.54) is 0 Å². The van der Waals surface area contributed by atoms with Gasteiger partial charge in [-0.05, 0) is 32.2 Å². The maximum atomic E-state index is 11.9. The molecule has 0 aliphatic carbocycles. The molecule has 88 valence electrons. The molecule has 1 aromatic heterocycles. The van der Waals surface area contributed by atoms with Gasteiger partial charge in [-0.1, -0.05) is 12.1 Å². The fraction of sp³-hybridized carbons (Fsp3) is 0.636. The lowest BCUT2D eigenvalue weighted by atomic mass is 9.94. The van der Waals surface area contributed by atoms with E-state index < -0.39 is 0 Å². The number of aromatic nitrogens is 1. The van der Waals surface area contributed by atoms with E-state index >= 15 is 0 Å². The highest BCUT2D eigenvalue weighted by molar-refractivity contribution is 5.94. The number of aryl methyl sites for hydroxylation is 1. The highest BCUT2D eigenvalue weighted by atomic mass is 16.5. The van der Waals surface area contributed by atoms with E-state index in [-0.39, 0.29) is 11.9 Å². The second kappa shape index (κ2) is 4.65. The van der Waals surface area contributed by atoms with E-state index in [4.69, 9.17) is 4.52 Å². The first-order valence-electron chi connectivity index (χ1n) is 5.62. The maximum absolute atomic E-state index is 11.9. The van der Waals surface area contributed by atoms with Gasteiger partial charge in [0.2, 0.25) is 5.91 Å². The van der Waals surface area contributed by atoms with Gasteiger partial charge in [0.15, 0.2) is 5.82 Å². The molecule has 1 aliphatic heterocycles. The normalized spacial score (nSPS) is 25.4. The van der Waals surface area contributed by atoms with Crippen molar-refractivity contribution < 1.29 is 9.32 Å². The summed E-state index contributed by atoms with van der Waals surface area (Å²) in [6.45, 7) is 4.86. The minimum Gasteiger partial charge on any atom is -0.360 e. The molecule has 0 aromatic carbocycles. The van der Waals surface area contributed by atoms with E-state index in [9.17, 15) is 4.79 Å². The lowest BCUT2D eigenvalue weighted by Crippen LogP contribution is -2.45. The van der Waals surface area contributed by atoms with Gasteiger partial charge < -0.3 is 15.2 Å². The van der Waals surface area contributed by atoms with E-state index in [2.05, 4.69) is 22.7 Å². The summed E-state index contributed by atoms with van der Waals surface area (Å²) in [6, 6.07) is 1.60. The molecule has 16 heavy (non-hydrogen) atoms. The Hall–Kier alpha value is -1.36. The van der Waals surface area contributed by atoms with Gasteiger partial charge in [0.25, 0.3) is 0 Å². The Morgan fingerprint density at radius 1 is 1.69 bits per heavy atom.